The Morgan fingerprint density at radius 1 is 1.21 bits per heavy atom. The van der Waals surface area contributed by atoms with Crippen molar-refractivity contribution in [3.05, 3.63) is 65.0 Å². The highest BCUT2D eigenvalue weighted by atomic mass is 32.2. The van der Waals surface area contributed by atoms with E-state index < -0.39 is 28.2 Å². The molecule has 2 aromatic carbocycles. The van der Waals surface area contributed by atoms with Crippen LogP contribution in [0.3, 0.4) is 0 Å². The molecule has 0 saturated heterocycles. The first kappa shape index (κ1) is 18.2. The standard InChI is InChI=1S/C17H15F4NOS/c1-24(2)22(10-13-7-6-12(11-23)8-16(13)18)15-5-3-4-14(9-15)17(19,20)21/h3-9,11H,1,10H2,2H3. The third-order valence-corrected chi connectivity index (χ3v) is 4.46. The minimum Gasteiger partial charge on any atom is -0.318 e. The smallest absolute Gasteiger partial charge is 0.318 e. The van der Waals surface area contributed by atoms with Crippen LogP contribution in [0.4, 0.5) is 23.2 Å². The summed E-state index contributed by atoms with van der Waals surface area (Å²) < 4.78 is 54.3. The van der Waals surface area contributed by atoms with E-state index in [-0.39, 0.29) is 17.7 Å². The van der Waals surface area contributed by atoms with E-state index in [1.807, 2.05) is 0 Å². The van der Waals surface area contributed by atoms with E-state index in [0.717, 1.165) is 18.2 Å². The lowest BCUT2D eigenvalue weighted by molar-refractivity contribution is -0.137. The molecule has 128 valence electrons. The number of aldehydes is 1. The summed E-state index contributed by atoms with van der Waals surface area (Å²) in [6, 6.07) is 8.86. The Hall–Kier alpha value is -2.15. The van der Waals surface area contributed by atoms with Crippen LogP contribution in [-0.2, 0) is 12.7 Å². The van der Waals surface area contributed by atoms with Crippen molar-refractivity contribution in [1.82, 2.24) is 0 Å². The van der Waals surface area contributed by atoms with Crippen LogP contribution in [0.1, 0.15) is 21.5 Å². The summed E-state index contributed by atoms with van der Waals surface area (Å²) in [6.07, 6.45) is -2.19. The molecule has 0 aromatic heterocycles. The van der Waals surface area contributed by atoms with Gasteiger partial charge in [0.05, 0.1) is 12.1 Å². The number of halogens is 4. The van der Waals surface area contributed by atoms with Crippen LogP contribution in [-0.4, -0.2) is 18.4 Å². The van der Waals surface area contributed by atoms with Crippen LogP contribution in [0.15, 0.2) is 42.5 Å². The topological polar surface area (TPSA) is 20.3 Å². The Kier molecular flexibility index (Phi) is 5.43. The average Bonchev–Trinajstić information content (AvgIpc) is 2.52. The fourth-order valence-corrected chi connectivity index (χ4v) is 2.97. The first-order chi connectivity index (χ1) is 11.2. The molecule has 0 N–H and O–H groups in total. The Morgan fingerprint density at radius 2 is 1.92 bits per heavy atom. The van der Waals surface area contributed by atoms with E-state index in [1.165, 1.54) is 24.3 Å². The van der Waals surface area contributed by atoms with Gasteiger partial charge in [0.2, 0.25) is 0 Å². The van der Waals surface area contributed by atoms with Gasteiger partial charge in [0, 0.05) is 16.8 Å². The van der Waals surface area contributed by atoms with Gasteiger partial charge in [-0.05, 0) is 30.5 Å². The molecule has 0 radical (unpaired) electrons. The zero-order chi connectivity index (χ0) is 17.9. The number of anilines is 1. The molecule has 0 aliphatic carbocycles. The molecule has 0 aliphatic rings. The molecule has 0 heterocycles. The van der Waals surface area contributed by atoms with Crippen LogP contribution in [0.5, 0.6) is 0 Å². The van der Waals surface area contributed by atoms with E-state index in [9.17, 15) is 22.4 Å². The lowest BCUT2D eigenvalue weighted by Gasteiger charge is -2.26. The Bertz CT molecular complexity index is 773. The van der Waals surface area contributed by atoms with Gasteiger partial charge >= 0.3 is 6.18 Å². The summed E-state index contributed by atoms with van der Waals surface area (Å²) in [5, 5.41) is 0. The quantitative estimate of drug-likeness (QED) is 0.431. The van der Waals surface area contributed by atoms with Gasteiger partial charge in [0.15, 0.2) is 0 Å². The molecule has 2 aromatic rings. The molecular formula is C17H15F4NOS. The van der Waals surface area contributed by atoms with E-state index in [2.05, 4.69) is 5.87 Å². The van der Waals surface area contributed by atoms with Gasteiger partial charge in [-0.1, -0.05) is 24.1 Å². The maximum Gasteiger partial charge on any atom is 0.416 e. The summed E-state index contributed by atoms with van der Waals surface area (Å²) in [5.74, 6) is 3.28. The van der Waals surface area contributed by atoms with Crippen LogP contribution in [0.2, 0.25) is 0 Å². The van der Waals surface area contributed by atoms with Crippen molar-refractivity contribution in [2.24, 2.45) is 0 Å². The van der Waals surface area contributed by atoms with E-state index >= 15 is 0 Å². The maximum absolute atomic E-state index is 14.1. The number of rotatable bonds is 5. The molecule has 1 atom stereocenters. The maximum atomic E-state index is 14.1. The molecule has 2 nitrogen and oxygen atoms in total. The molecule has 2 rings (SSSR count). The van der Waals surface area contributed by atoms with Crippen molar-refractivity contribution >= 4 is 28.5 Å². The van der Waals surface area contributed by atoms with Gasteiger partial charge < -0.3 is 4.31 Å². The zero-order valence-corrected chi connectivity index (χ0v) is 13.6. The molecule has 0 spiro atoms. The van der Waals surface area contributed by atoms with Crippen molar-refractivity contribution in [3.63, 3.8) is 0 Å². The summed E-state index contributed by atoms with van der Waals surface area (Å²) in [5.41, 5.74) is 0.0183. The van der Waals surface area contributed by atoms with Gasteiger partial charge in [-0.15, -0.1) is 10.7 Å². The van der Waals surface area contributed by atoms with E-state index in [1.54, 1.807) is 10.6 Å². The first-order valence-electron chi connectivity index (χ1n) is 6.86. The highest BCUT2D eigenvalue weighted by Gasteiger charge is 2.30. The van der Waals surface area contributed by atoms with Gasteiger partial charge in [0.25, 0.3) is 0 Å². The van der Waals surface area contributed by atoms with Crippen LogP contribution in [0.25, 0.3) is 0 Å². The van der Waals surface area contributed by atoms with Crippen molar-refractivity contribution < 1.29 is 22.4 Å². The SMILES string of the molecule is C=S(C)N(Cc1ccc(C=O)cc1F)c1cccc(C(F)(F)F)c1. The third-order valence-electron chi connectivity index (χ3n) is 3.36. The second-order valence-electron chi connectivity index (χ2n) is 5.15. The molecule has 0 fully saturated rings. The molecule has 0 amide bonds. The molecular weight excluding hydrogens is 342 g/mol. The predicted molar refractivity (Wildman–Crippen MR) is 90.1 cm³/mol. The highest BCUT2D eigenvalue weighted by molar-refractivity contribution is 8.14. The number of hydrogen-bond acceptors (Lipinski definition) is 2. The number of hydrogen-bond donors (Lipinski definition) is 0. The number of benzene rings is 2. The zero-order valence-electron chi connectivity index (χ0n) is 12.8. The number of alkyl halides is 3. The summed E-state index contributed by atoms with van der Waals surface area (Å²) in [6.45, 7) is 0.0510. The highest BCUT2D eigenvalue weighted by Crippen LogP contribution is 2.34. The lowest BCUT2D eigenvalue weighted by atomic mass is 10.1. The first-order valence-corrected chi connectivity index (χ1v) is 8.62. The summed E-state index contributed by atoms with van der Waals surface area (Å²) in [7, 11) is -0.676. The van der Waals surface area contributed by atoms with E-state index in [4.69, 9.17) is 0 Å². The molecule has 1 unspecified atom stereocenters. The predicted octanol–water partition coefficient (Wildman–Crippen LogP) is 4.91. The van der Waals surface area contributed by atoms with Gasteiger partial charge in [-0.2, -0.15) is 13.2 Å². The van der Waals surface area contributed by atoms with Crippen molar-refractivity contribution in [2.45, 2.75) is 12.7 Å². The second kappa shape index (κ2) is 7.17. The van der Waals surface area contributed by atoms with Crippen molar-refractivity contribution in [1.29, 1.82) is 0 Å². The van der Waals surface area contributed by atoms with Gasteiger partial charge in [-0.3, -0.25) is 4.79 Å². The fraction of sp³-hybridized carbons (Fsp3) is 0.176. The lowest BCUT2D eigenvalue weighted by Crippen LogP contribution is -2.17. The number of nitrogens with zero attached hydrogens (tertiary/aromatic N) is 1. The summed E-state index contributed by atoms with van der Waals surface area (Å²) in [4.78, 5) is 10.7. The molecule has 0 saturated carbocycles. The number of carbonyl (C=O) groups is 1. The Balaban J connectivity index is 2.37. The Morgan fingerprint density at radius 3 is 2.46 bits per heavy atom. The normalized spacial score (nSPS) is 12.7. The van der Waals surface area contributed by atoms with Crippen LogP contribution < -0.4 is 4.31 Å². The van der Waals surface area contributed by atoms with Crippen LogP contribution >= 0.6 is 10.7 Å². The number of carbonyl (C=O) groups excluding carboxylic acids is 1. The fourth-order valence-electron chi connectivity index (χ4n) is 2.14. The van der Waals surface area contributed by atoms with Gasteiger partial charge in [0.1, 0.15) is 12.1 Å². The van der Waals surface area contributed by atoms with Crippen molar-refractivity contribution in [3.8, 4) is 0 Å². The molecule has 24 heavy (non-hydrogen) atoms. The monoisotopic (exact) mass is 357 g/mol. The van der Waals surface area contributed by atoms with Crippen molar-refractivity contribution in [2.75, 3.05) is 10.6 Å². The van der Waals surface area contributed by atoms with Gasteiger partial charge in [-0.25, -0.2) is 4.39 Å². The largest absolute Gasteiger partial charge is 0.416 e. The minimum absolute atomic E-state index is 0.0510. The third kappa shape index (κ3) is 4.23. The average molecular weight is 357 g/mol. The molecule has 0 bridgehead atoms. The minimum atomic E-state index is -4.45. The molecule has 7 heteroatoms. The Labute approximate surface area is 139 Å². The summed E-state index contributed by atoms with van der Waals surface area (Å²) >= 11 is 0. The van der Waals surface area contributed by atoms with E-state index in [0.29, 0.717) is 12.0 Å². The second-order valence-corrected chi connectivity index (χ2v) is 6.80. The van der Waals surface area contributed by atoms with Crippen LogP contribution in [0, 0.1) is 5.82 Å². The molecule has 0 aliphatic heterocycles.